The lowest BCUT2D eigenvalue weighted by Gasteiger charge is -2.20. The smallest absolute Gasteiger partial charge is 0.121 e. The first-order valence-electron chi connectivity index (χ1n) is 6.37. The Morgan fingerprint density at radius 2 is 2.24 bits per heavy atom. The van der Waals surface area contributed by atoms with Gasteiger partial charge in [0.25, 0.3) is 0 Å². The maximum atomic E-state index is 6.02. The van der Waals surface area contributed by atoms with Crippen molar-refractivity contribution < 1.29 is 4.74 Å². The van der Waals surface area contributed by atoms with E-state index in [1.54, 1.807) is 0 Å². The Balaban J connectivity index is 1.93. The van der Waals surface area contributed by atoms with E-state index in [0.717, 1.165) is 30.9 Å². The van der Waals surface area contributed by atoms with Crippen LogP contribution in [0.4, 0.5) is 5.69 Å². The standard InChI is InChI=1S/C14H22N2O/c1-11(2)16-8-7-14(10-16)17-13-6-4-5-12(9-13)15-3/h4-6,9,11,14-15H,7-8,10H2,1-3H3. The van der Waals surface area contributed by atoms with Gasteiger partial charge in [0, 0.05) is 37.9 Å². The molecule has 1 unspecified atom stereocenters. The van der Waals surface area contributed by atoms with Gasteiger partial charge in [-0.1, -0.05) is 6.07 Å². The minimum atomic E-state index is 0.338. The number of hydrogen-bond donors (Lipinski definition) is 1. The summed E-state index contributed by atoms with van der Waals surface area (Å²) in [6.07, 6.45) is 1.46. The van der Waals surface area contributed by atoms with E-state index >= 15 is 0 Å². The second kappa shape index (κ2) is 5.41. The highest BCUT2D eigenvalue weighted by Gasteiger charge is 2.25. The van der Waals surface area contributed by atoms with E-state index in [1.807, 2.05) is 25.2 Å². The van der Waals surface area contributed by atoms with Crippen molar-refractivity contribution in [3.8, 4) is 5.75 Å². The summed E-state index contributed by atoms with van der Waals surface area (Å²) in [7, 11) is 1.93. The molecule has 1 aliphatic heterocycles. The van der Waals surface area contributed by atoms with E-state index in [4.69, 9.17) is 4.74 Å². The van der Waals surface area contributed by atoms with Crippen LogP contribution in [-0.4, -0.2) is 37.2 Å². The number of nitrogens with one attached hydrogen (secondary N) is 1. The van der Waals surface area contributed by atoms with E-state index < -0.39 is 0 Å². The Morgan fingerprint density at radius 3 is 2.88 bits per heavy atom. The molecule has 1 heterocycles. The molecule has 1 fully saturated rings. The fourth-order valence-corrected chi connectivity index (χ4v) is 2.24. The predicted molar refractivity (Wildman–Crippen MR) is 71.7 cm³/mol. The molecule has 0 radical (unpaired) electrons. The molecule has 3 nitrogen and oxygen atoms in total. The van der Waals surface area contributed by atoms with Crippen molar-refractivity contribution in [2.75, 3.05) is 25.5 Å². The van der Waals surface area contributed by atoms with E-state index in [2.05, 4.69) is 30.1 Å². The quantitative estimate of drug-likeness (QED) is 0.866. The molecule has 0 aromatic heterocycles. The van der Waals surface area contributed by atoms with Crippen LogP contribution in [0, 0.1) is 0 Å². The van der Waals surface area contributed by atoms with Crippen LogP contribution in [0.1, 0.15) is 20.3 Å². The molecule has 3 heteroatoms. The summed E-state index contributed by atoms with van der Waals surface area (Å²) < 4.78 is 6.02. The summed E-state index contributed by atoms with van der Waals surface area (Å²) in [6.45, 7) is 6.67. The molecule has 94 valence electrons. The maximum absolute atomic E-state index is 6.02. The fraction of sp³-hybridized carbons (Fsp3) is 0.571. The molecule has 1 aromatic rings. The van der Waals surface area contributed by atoms with Gasteiger partial charge in [-0.2, -0.15) is 0 Å². The predicted octanol–water partition coefficient (Wildman–Crippen LogP) is 2.59. The number of hydrogen-bond acceptors (Lipinski definition) is 3. The number of likely N-dealkylation sites (tertiary alicyclic amines) is 1. The van der Waals surface area contributed by atoms with Crippen LogP contribution in [0.5, 0.6) is 5.75 Å². The van der Waals surface area contributed by atoms with Crippen molar-refractivity contribution in [1.82, 2.24) is 4.90 Å². The number of anilines is 1. The Hall–Kier alpha value is -1.22. The molecule has 1 N–H and O–H groups in total. The van der Waals surface area contributed by atoms with Gasteiger partial charge in [-0.3, -0.25) is 4.90 Å². The van der Waals surface area contributed by atoms with Crippen molar-refractivity contribution in [3.63, 3.8) is 0 Å². The largest absolute Gasteiger partial charge is 0.489 e. The molecule has 1 saturated heterocycles. The number of ether oxygens (including phenoxy) is 1. The second-order valence-corrected chi connectivity index (χ2v) is 4.90. The number of nitrogens with zero attached hydrogens (tertiary/aromatic N) is 1. The van der Waals surface area contributed by atoms with Crippen molar-refractivity contribution in [2.24, 2.45) is 0 Å². The fourth-order valence-electron chi connectivity index (χ4n) is 2.24. The summed E-state index contributed by atoms with van der Waals surface area (Å²) in [5.41, 5.74) is 1.10. The number of benzene rings is 1. The lowest BCUT2D eigenvalue weighted by molar-refractivity contribution is 0.187. The van der Waals surface area contributed by atoms with Crippen molar-refractivity contribution in [2.45, 2.75) is 32.4 Å². The highest BCUT2D eigenvalue weighted by atomic mass is 16.5. The molecule has 0 amide bonds. The van der Waals surface area contributed by atoms with Crippen LogP contribution in [0.2, 0.25) is 0 Å². The van der Waals surface area contributed by atoms with Crippen LogP contribution in [0.15, 0.2) is 24.3 Å². The summed E-state index contributed by atoms with van der Waals surface area (Å²) in [6, 6.07) is 8.77. The third-order valence-electron chi connectivity index (χ3n) is 3.33. The van der Waals surface area contributed by atoms with Gasteiger partial charge in [-0.25, -0.2) is 0 Å². The molecule has 2 rings (SSSR count). The Kier molecular flexibility index (Phi) is 3.89. The van der Waals surface area contributed by atoms with Crippen LogP contribution in [0.25, 0.3) is 0 Å². The van der Waals surface area contributed by atoms with Crippen molar-refractivity contribution in [3.05, 3.63) is 24.3 Å². The van der Waals surface area contributed by atoms with Crippen LogP contribution in [0.3, 0.4) is 0 Å². The average Bonchev–Trinajstić information content (AvgIpc) is 2.78. The second-order valence-electron chi connectivity index (χ2n) is 4.90. The highest BCUT2D eigenvalue weighted by Crippen LogP contribution is 2.22. The Bertz CT molecular complexity index is 365. The third-order valence-corrected chi connectivity index (χ3v) is 3.33. The lowest BCUT2D eigenvalue weighted by Crippen LogP contribution is -2.30. The molecular formula is C14H22N2O. The summed E-state index contributed by atoms with van der Waals surface area (Å²) in [4.78, 5) is 2.46. The third kappa shape index (κ3) is 3.13. The van der Waals surface area contributed by atoms with E-state index in [0.29, 0.717) is 12.1 Å². The Morgan fingerprint density at radius 1 is 1.41 bits per heavy atom. The summed E-state index contributed by atoms with van der Waals surface area (Å²) in [5, 5.41) is 3.13. The molecule has 17 heavy (non-hydrogen) atoms. The van der Waals surface area contributed by atoms with Gasteiger partial charge in [-0.15, -0.1) is 0 Å². The Labute approximate surface area is 104 Å². The van der Waals surface area contributed by atoms with Crippen molar-refractivity contribution in [1.29, 1.82) is 0 Å². The van der Waals surface area contributed by atoms with Crippen LogP contribution in [-0.2, 0) is 0 Å². The lowest BCUT2D eigenvalue weighted by atomic mass is 10.3. The van der Waals surface area contributed by atoms with Gasteiger partial charge in [0.15, 0.2) is 0 Å². The zero-order valence-corrected chi connectivity index (χ0v) is 10.9. The van der Waals surface area contributed by atoms with Gasteiger partial charge in [0.1, 0.15) is 11.9 Å². The van der Waals surface area contributed by atoms with Gasteiger partial charge in [-0.05, 0) is 32.4 Å². The van der Waals surface area contributed by atoms with Gasteiger partial charge in [0.2, 0.25) is 0 Å². The highest BCUT2D eigenvalue weighted by molar-refractivity contribution is 5.47. The summed E-state index contributed by atoms with van der Waals surface area (Å²) in [5.74, 6) is 0.965. The normalized spacial score (nSPS) is 20.8. The summed E-state index contributed by atoms with van der Waals surface area (Å²) >= 11 is 0. The van der Waals surface area contributed by atoms with Crippen molar-refractivity contribution >= 4 is 5.69 Å². The van der Waals surface area contributed by atoms with Gasteiger partial charge in [0.05, 0.1) is 0 Å². The van der Waals surface area contributed by atoms with Crippen LogP contribution >= 0.6 is 0 Å². The minimum absolute atomic E-state index is 0.338. The van der Waals surface area contributed by atoms with E-state index in [9.17, 15) is 0 Å². The zero-order valence-electron chi connectivity index (χ0n) is 10.9. The average molecular weight is 234 g/mol. The molecule has 0 bridgehead atoms. The topological polar surface area (TPSA) is 24.5 Å². The first-order chi connectivity index (χ1) is 8.19. The van der Waals surface area contributed by atoms with Gasteiger partial charge < -0.3 is 10.1 Å². The van der Waals surface area contributed by atoms with Crippen LogP contribution < -0.4 is 10.1 Å². The van der Waals surface area contributed by atoms with E-state index in [1.165, 1.54) is 0 Å². The maximum Gasteiger partial charge on any atom is 0.121 e. The first kappa shape index (κ1) is 12.2. The SMILES string of the molecule is CNc1cccc(OC2CCN(C(C)C)C2)c1. The minimum Gasteiger partial charge on any atom is -0.489 e. The molecule has 1 aliphatic rings. The van der Waals surface area contributed by atoms with Gasteiger partial charge >= 0.3 is 0 Å². The first-order valence-corrected chi connectivity index (χ1v) is 6.37. The zero-order chi connectivity index (χ0) is 12.3. The number of rotatable bonds is 4. The molecule has 0 aliphatic carbocycles. The molecule has 0 saturated carbocycles. The molecule has 1 aromatic carbocycles. The molecule has 1 atom stereocenters. The van der Waals surface area contributed by atoms with E-state index in [-0.39, 0.29) is 0 Å². The molecule has 0 spiro atoms. The monoisotopic (exact) mass is 234 g/mol. The molecular weight excluding hydrogens is 212 g/mol.